The van der Waals surface area contributed by atoms with Crippen molar-refractivity contribution in [3.63, 3.8) is 0 Å². The van der Waals surface area contributed by atoms with Gasteiger partial charge in [0.1, 0.15) is 0 Å². The number of hydrogen-bond donors (Lipinski definition) is 1. The quantitative estimate of drug-likeness (QED) is 0.757. The molecule has 2 atom stereocenters. The highest BCUT2D eigenvalue weighted by molar-refractivity contribution is 5.87. The molecule has 0 radical (unpaired) electrons. The summed E-state index contributed by atoms with van der Waals surface area (Å²) in [5.74, 6) is 0.562. The third-order valence-electron chi connectivity index (χ3n) is 4.34. The van der Waals surface area contributed by atoms with Gasteiger partial charge < -0.3 is 10.2 Å². The first-order chi connectivity index (χ1) is 8.20. The topological polar surface area (TPSA) is 32.3 Å². The van der Waals surface area contributed by atoms with Crippen molar-refractivity contribution in [3.8, 4) is 0 Å². The summed E-state index contributed by atoms with van der Waals surface area (Å²) >= 11 is 0. The molecular formula is C14H24N2O. The van der Waals surface area contributed by atoms with Crippen molar-refractivity contribution < 1.29 is 4.79 Å². The average molecular weight is 236 g/mol. The zero-order chi connectivity index (χ0) is 12.3. The molecule has 0 aromatic rings. The first kappa shape index (κ1) is 12.6. The summed E-state index contributed by atoms with van der Waals surface area (Å²) in [5, 5.41) is 3.01. The van der Waals surface area contributed by atoms with Crippen molar-refractivity contribution in [1.82, 2.24) is 10.2 Å². The van der Waals surface area contributed by atoms with E-state index in [0.29, 0.717) is 5.92 Å². The molecule has 0 aromatic heterocycles. The molecule has 2 fully saturated rings. The normalized spacial score (nSPS) is 28.2. The molecule has 1 aliphatic carbocycles. The van der Waals surface area contributed by atoms with Crippen LogP contribution in [0, 0.1) is 5.92 Å². The van der Waals surface area contributed by atoms with Gasteiger partial charge in [-0.2, -0.15) is 0 Å². The summed E-state index contributed by atoms with van der Waals surface area (Å²) in [4.78, 5) is 13.9. The van der Waals surface area contributed by atoms with Crippen LogP contribution in [0.4, 0.5) is 0 Å². The lowest BCUT2D eigenvalue weighted by atomic mass is 9.85. The third-order valence-corrected chi connectivity index (χ3v) is 4.34. The van der Waals surface area contributed by atoms with E-state index in [9.17, 15) is 4.79 Å². The Kier molecular flexibility index (Phi) is 4.21. The predicted octanol–water partition coefficient (Wildman–Crippen LogP) is 1.94. The highest BCUT2D eigenvalue weighted by Crippen LogP contribution is 2.29. The van der Waals surface area contributed by atoms with Crippen LogP contribution >= 0.6 is 0 Å². The van der Waals surface area contributed by atoms with Gasteiger partial charge in [-0.3, -0.25) is 4.79 Å². The zero-order valence-electron chi connectivity index (χ0n) is 10.8. The van der Waals surface area contributed by atoms with Gasteiger partial charge in [-0.25, -0.2) is 0 Å². The van der Waals surface area contributed by atoms with Crippen molar-refractivity contribution in [2.24, 2.45) is 5.92 Å². The molecule has 1 aliphatic heterocycles. The molecule has 0 spiro atoms. The number of piperidine rings is 1. The van der Waals surface area contributed by atoms with Crippen LogP contribution in [0.2, 0.25) is 0 Å². The highest BCUT2D eigenvalue weighted by Gasteiger charge is 2.31. The second-order valence-corrected chi connectivity index (χ2v) is 5.48. The molecule has 2 rings (SSSR count). The Balaban J connectivity index is 1.83. The van der Waals surface area contributed by atoms with Crippen LogP contribution in [-0.2, 0) is 4.79 Å². The number of hydrogen-bond acceptors (Lipinski definition) is 2. The Morgan fingerprint density at radius 1 is 1.41 bits per heavy atom. The second kappa shape index (κ2) is 5.67. The van der Waals surface area contributed by atoms with Gasteiger partial charge >= 0.3 is 0 Å². The van der Waals surface area contributed by atoms with Crippen LogP contribution < -0.4 is 5.32 Å². The molecule has 0 unspecified atom stereocenters. The van der Waals surface area contributed by atoms with E-state index in [0.717, 1.165) is 12.6 Å². The molecule has 0 aromatic carbocycles. The van der Waals surface area contributed by atoms with Crippen molar-refractivity contribution in [1.29, 1.82) is 0 Å². The summed E-state index contributed by atoms with van der Waals surface area (Å²) in [5.41, 5.74) is 0. The van der Waals surface area contributed by atoms with Crippen LogP contribution in [0.25, 0.3) is 0 Å². The van der Waals surface area contributed by atoms with Gasteiger partial charge in [0.05, 0.1) is 0 Å². The van der Waals surface area contributed by atoms with Gasteiger partial charge in [0.2, 0.25) is 5.91 Å². The minimum Gasteiger partial charge on any atom is -0.350 e. The monoisotopic (exact) mass is 236 g/mol. The molecule has 1 saturated heterocycles. The largest absolute Gasteiger partial charge is 0.350 e. The van der Waals surface area contributed by atoms with Gasteiger partial charge in [0.25, 0.3) is 0 Å². The third kappa shape index (κ3) is 3.09. The number of carbonyl (C=O) groups excluding carboxylic acids is 1. The summed E-state index contributed by atoms with van der Waals surface area (Å²) in [6, 6.07) is 1.10. The van der Waals surface area contributed by atoms with Gasteiger partial charge in [-0.1, -0.05) is 13.0 Å². The summed E-state index contributed by atoms with van der Waals surface area (Å²) in [6.45, 7) is 8.03. The van der Waals surface area contributed by atoms with E-state index < -0.39 is 0 Å². The number of carbonyl (C=O) groups is 1. The Morgan fingerprint density at radius 2 is 2.18 bits per heavy atom. The van der Waals surface area contributed by atoms with E-state index in [-0.39, 0.29) is 11.9 Å². The van der Waals surface area contributed by atoms with Gasteiger partial charge in [-0.05, 0) is 51.1 Å². The fraction of sp³-hybridized carbons (Fsp3) is 0.786. The Morgan fingerprint density at radius 3 is 2.76 bits per heavy atom. The molecular weight excluding hydrogens is 212 g/mol. The van der Waals surface area contributed by atoms with Crippen molar-refractivity contribution >= 4 is 5.91 Å². The second-order valence-electron chi connectivity index (χ2n) is 5.48. The summed E-state index contributed by atoms with van der Waals surface area (Å²) in [6.07, 6.45) is 8.02. The lowest BCUT2D eigenvalue weighted by molar-refractivity contribution is -0.117. The van der Waals surface area contributed by atoms with Gasteiger partial charge in [0, 0.05) is 18.6 Å². The Bertz CT molecular complexity index is 286. The molecule has 0 bridgehead atoms. The number of nitrogens with zero attached hydrogens (tertiary/aromatic N) is 1. The minimum atomic E-state index is -0.0433. The van der Waals surface area contributed by atoms with Crippen LogP contribution in [0.1, 0.15) is 39.0 Å². The summed E-state index contributed by atoms with van der Waals surface area (Å²) in [7, 11) is 0. The van der Waals surface area contributed by atoms with E-state index in [4.69, 9.17) is 0 Å². The molecule has 1 heterocycles. The smallest absolute Gasteiger partial charge is 0.243 e. The maximum atomic E-state index is 11.3. The molecule has 1 saturated carbocycles. The molecule has 96 valence electrons. The van der Waals surface area contributed by atoms with Crippen molar-refractivity contribution in [3.05, 3.63) is 12.7 Å². The van der Waals surface area contributed by atoms with Crippen LogP contribution in [0.5, 0.6) is 0 Å². The SMILES string of the molecule is C=CC(=O)N[C@H](C)[C@H]1CCCN(C2CCC2)C1. The van der Waals surface area contributed by atoms with Crippen molar-refractivity contribution in [2.75, 3.05) is 13.1 Å². The molecule has 17 heavy (non-hydrogen) atoms. The maximum Gasteiger partial charge on any atom is 0.243 e. The lowest BCUT2D eigenvalue weighted by Crippen LogP contribution is -2.50. The average Bonchev–Trinajstić information content (AvgIpc) is 2.27. The van der Waals surface area contributed by atoms with E-state index in [1.807, 2.05) is 0 Å². The zero-order valence-corrected chi connectivity index (χ0v) is 10.8. The molecule has 2 aliphatic rings. The number of nitrogens with one attached hydrogen (secondary N) is 1. The molecule has 1 N–H and O–H groups in total. The van der Waals surface area contributed by atoms with Crippen LogP contribution in [-0.4, -0.2) is 36.0 Å². The summed E-state index contributed by atoms with van der Waals surface area (Å²) < 4.78 is 0. The first-order valence-electron chi connectivity index (χ1n) is 6.87. The highest BCUT2D eigenvalue weighted by atomic mass is 16.1. The molecule has 3 nitrogen and oxygen atoms in total. The minimum absolute atomic E-state index is 0.0433. The number of rotatable bonds is 4. The van der Waals surface area contributed by atoms with E-state index in [1.165, 1.54) is 44.7 Å². The van der Waals surface area contributed by atoms with Crippen LogP contribution in [0.3, 0.4) is 0 Å². The molecule has 1 amide bonds. The Hall–Kier alpha value is -0.830. The standard InChI is InChI=1S/C14H24N2O/c1-3-14(17)15-11(2)12-6-5-9-16(10-12)13-7-4-8-13/h3,11-13H,1,4-10H2,2H3,(H,15,17)/t11-,12+/m1/s1. The van der Waals surface area contributed by atoms with Crippen molar-refractivity contribution in [2.45, 2.75) is 51.1 Å². The predicted molar refractivity (Wildman–Crippen MR) is 69.7 cm³/mol. The molecule has 3 heteroatoms. The van der Waals surface area contributed by atoms with E-state index in [1.54, 1.807) is 0 Å². The fourth-order valence-electron chi connectivity index (χ4n) is 2.93. The first-order valence-corrected chi connectivity index (χ1v) is 6.87. The van der Waals surface area contributed by atoms with Gasteiger partial charge in [-0.15, -0.1) is 0 Å². The van der Waals surface area contributed by atoms with Gasteiger partial charge in [0.15, 0.2) is 0 Å². The lowest BCUT2D eigenvalue weighted by Gasteiger charge is -2.43. The number of likely N-dealkylation sites (tertiary alicyclic amines) is 1. The maximum absolute atomic E-state index is 11.3. The fourth-order valence-corrected chi connectivity index (χ4v) is 2.93. The van der Waals surface area contributed by atoms with E-state index in [2.05, 4.69) is 23.7 Å². The van der Waals surface area contributed by atoms with Crippen LogP contribution in [0.15, 0.2) is 12.7 Å². The van der Waals surface area contributed by atoms with E-state index >= 15 is 0 Å². The Labute approximate surface area is 104 Å². The number of amides is 1.